The van der Waals surface area contributed by atoms with E-state index in [1.807, 2.05) is 13.0 Å². The van der Waals surface area contributed by atoms with E-state index in [0.717, 1.165) is 25.7 Å². The number of allylic oxidation sites excluding steroid dienone is 2. The van der Waals surface area contributed by atoms with Gasteiger partial charge in [-0.3, -0.25) is 10.1 Å². The summed E-state index contributed by atoms with van der Waals surface area (Å²) in [5, 5.41) is 24.1. The van der Waals surface area contributed by atoms with Crippen LogP contribution in [0.5, 0.6) is 0 Å². The van der Waals surface area contributed by atoms with Gasteiger partial charge in [0.1, 0.15) is 12.3 Å². The average Bonchev–Trinajstić information content (AvgIpc) is 3.09. The molecule has 0 aromatic rings. The number of nitrogens with one attached hydrogen (secondary N) is 1. The minimum absolute atomic E-state index is 0.0541. The SMILES string of the molecule is CCCCCCCCCCCCC/C=C\[C@@H](O)[C@@H](CO)NC(C)O[C@H](/C=C/CCCCCCCCCCCCC)[C@@H](COC)N(C)C(C)=O. The van der Waals surface area contributed by atoms with E-state index in [4.69, 9.17) is 9.47 Å². The lowest BCUT2D eigenvalue weighted by atomic mass is 10.0. The summed E-state index contributed by atoms with van der Waals surface area (Å²) in [5.74, 6) is -0.0541. The highest BCUT2D eigenvalue weighted by molar-refractivity contribution is 5.73. The minimum Gasteiger partial charge on any atom is -0.395 e. The number of ether oxygens (including phenoxy) is 2. The van der Waals surface area contributed by atoms with Crippen molar-refractivity contribution in [2.24, 2.45) is 0 Å². The van der Waals surface area contributed by atoms with E-state index in [0.29, 0.717) is 6.61 Å². The van der Waals surface area contributed by atoms with Crippen LogP contribution in [0, 0.1) is 0 Å². The van der Waals surface area contributed by atoms with Crippen molar-refractivity contribution in [3.05, 3.63) is 24.3 Å². The van der Waals surface area contributed by atoms with Crippen LogP contribution in [0.3, 0.4) is 0 Å². The number of hydrogen-bond donors (Lipinski definition) is 3. The molecule has 7 nitrogen and oxygen atoms in total. The van der Waals surface area contributed by atoms with E-state index in [1.165, 1.54) is 128 Å². The number of hydrogen-bond acceptors (Lipinski definition) is 6. The Bertz CT molecular complexity index is 776. The fourth-order valence-corrected chi connectivity index (χ4v) is 6.38. The predicted molar refractivity (Wildman–Crippen MR) is 209 cm³/mol. The summed E-state index contributed by atoms with van der Waals surface area (Å²) in [7, 11) is 3.41. The zero-order chi connectivity index (χ0) is 36.4. The highest BCUT2D eigenvalue weighted by Crippen LogP contribution is 2.16. The van der Waals surface area contributed by atoms with E-state index in [1.54, 1.807) is 32.1 Å². The molecular formula is C42H82N2O5. The van der Waals surface area contributed by atoms with Crippen molar-refractivity contribution in [1.82, 2.24) is 10.2 Å². The summed E-state index contributed by atoms with van der Waals surface area (Å²) >= 11 is 0. The fourth-order valence-electron chi connectivity index (χ4n) is 6.38. The van der Waals surface area contributed by atoms with Gasteiger partial charge in [0, 0.05) is 21.1 Å². The molecule has 0 spiro atoms. The van der Waals surface area contributed by atoms with Gasteiger partial charge in [-0.05, 0) is 32.6 Å². The second-order valence-electron chi connectivity index (χ2n) is 14.3. The number of aliphatic hydroxyl groups is 2. The summed E-state index contributed by atoms with van der Waals surface area (Å²) in [4.78, 5) is 14.0. The molecule has 0 aliphatic heterocycles. The van der Waals surface area contributed by atoms with Crippen LogP contribution in [0.1, 0.15) is 182 Å². The Balaban J connectivity index is 4.72. The molecule has 5 atom stereocenters. The smallest absolute Gasteiger partial charge is 0.219 e. The van der Waals surface area contributed by atoms with Crippen LogP contribution in [-0.2, 0) is 14.3 Å². The number of unbranched alkanes of at least 4 members (excludes halogenated alkanes) is 22. The predicted octanol–water partition coefficient (Wildman–Crippen LogP) is 10.0. The monoisotopic (exact) mass is 695 g/mol. The van der Waals surface area contributed by atoms with Crippen LogP contribution in [0.15, 0.2) is 24.3 Å². The van der Waals surface area contributed by atoms with Crippen molar-refractivity contribution >= 4 is 5.91 Å². The maximum absolute atomic E-state index is 12.3. The van der Waals surface area contributed by atoms with E-state index in [-0.39, 0.29) is 18.6 Å². The summed E-state index contributed by atoms with van der Waals surface area (Å²) in [6.45, 7) is 8.09. The molecule has 0 heterocycles. The van der Waals surface area contributed by atoms with E-state index < -0.39 is 24.5 Å². The van der Waals surface area contributed by atoms with Gasteiger partial charge >= 0.3 is 0 Å². The molecule has 1 amide bonds. The Labute approximate surface area is 304 Å². The molecule has 0 saturated carbocycles. The maximum Gasteiger partial charge on any atom is 0.219 e. The van der Waals surface area contributed by atoms with Crippen LogP contribution >= 0.6 is 0 Å². The first kappa shape index (κ1) is 47.8. The number of aliphatic hydroxyl groups excluding tert-OH is 2. The standard InChI is InChI=1S/C42H82N2O5/c1-7-9-11-13-15-17-19-21-23-25-27-29-31-33-41(47)39(35-45)43-37(3)49-42(40(36-48-6)44(5)38(4)46)34-32-30-28-26-24-22-20-18-16-14-12-10-8-2/h31-34,37,39-43,45,47H,7-30,35-36H2,1-6H3/b33-31-,34-32+/t37?,39-,40-,41-,42-/m1/s1. The molecule has 49 heavy (non-hydrogen) atoms. The number of carbonyl (C=O) groups is 1. The zero-order valence-electron chi connectivity index (χ0n) is 33.1. The van der Waals surface area contributed by atoms with Crippen molar-refractivity contribution in [3.63, 3.8) is 0 Å². The zero-order valence-corrected chi connectivity index (χ0v) is 33.1. The third-order valence-electron chi connectivity index (χ3n) is 9.74. The van der Waals surface area contributed by atoms with Gasteiger partial charge in [0.05, 0.1) is 31.4 Å². The third kappa shape index (κ3) is 28.1. The molecule has 0 aliphatic rings. The minimum atomic E-state index is -0.825. The first-order valence-electron chi connectivity index (χ1n) is 20.6. The average molecular weight is 695 g/mol. The van der Waals surface area contributed by atoms with Crippen LogP contribution in [0.4, 0.5) is 0 Å². The van der Waals surface area contributed by atoms with Crippen molar-refractivity contribution in [3.8, 4) is 0 Å². The van der Waals surface area contributed by atoms with Crippen molar-refractivity contribution in [2.45, 2.75) is 212 Å². The number of nitrogens with zero attached hydrogens (tertiary/aromatic N) is 1. The quantitative estimate of drug-likeness (QED) is 0.0344. The van der Waals surface area contributed by atoms with Crippen molar-refractivity contribution in [2.75, 3.05) is 27.4 Å². The van der Waals surface area contributed by atoms with Gasteiger partial charge in [0.2, 0.25) is 5.91 Å². The van der Waals surface area contributed by atoms with Gasteiger partial charge < -0.3 is 24.6 Å². The van der Waals surface area contributed by atoms with Gasteiger partial charge in [-0.2, -0.15) is 0 Å². The molecule has 0 aromatic heterocycles. The normalized spacial score (nSPS) is 15.2. The Morgan fingerprint density at radius 2 is 1.12 bits per heavy atom. The van der Waals surface area contributed by atoms with E-state index in [9.17, 15) is 15.0 Å². The largest absolute Gasteiger partial charge is 0.395 e. The highest BCUT2D eigenvalue weighted by Gasteiger charge is 2.29. The van der Waals surface area contributed by atoms with E-state index in [2.05, 4.69) is 31.3 Å². The van der Waals surface area contributed by atoms with Crippen LogP contribution in [0.25, 0.3) is 0 Å². The third-order valence-corrected chi connectivity index (χ3v) is 9.74. The van der Waals surface area contributed by atoms with Gasteiger partial charge in [-0.25, -0.2) is 0 Å². The molecule has 0 aromatic carbocycles. The van der Waals surface area contributed by atoms with Crippen molar-refractivity contribution < 1.29 is 24.5 Å². The van der Waals surface area contributed by atoms with Crippen LogP contribution < -0.4 is 5.32 Å². The lowest BCUT2D eigenvalue weighted by Gasteiger charge is -2.35. The van der Waals surface area contributed by atoms with Crippen LogP contribution in [0.2, 0.25) is 0 Å². The summed E-state index contributed by atoms with van der Waals surface area (Å²) in [6.07, 6.45) is 37.2. The Hall–Kier alpha value is -1.25. The molecule has 0 rings (SSSR count). The Morgan fingerprint density at radius 3 is 1.51 bits per heavy atom. The van der Waals surface area contributed by atoms with E-state index >= 15 is 0 Å². The number of likely N-dealkylation sites (N-methyl/N-ethyl adjacent to an activating group) is 1. The molecule has 0 fully saturated rings. The summed E-state index contributed by atoms with van der Waals surface area (Å²) in [5.41, 5.74) is 0. The second-order valence-corrected chi connectivity index (χ2v) is 14.3. The molecule has 0 bridgehead atoms. The molecule has 290 valence electrons. The molecule has 0 radical (unpaired) electrons. The number of methoxy groups -OCH3 is 1. The summed E-state index contributed by atoms with van der Waals surface area (Å²) < 4.78 is 11.9. The van der Waals surface area contributed by atoms with Gasteiger partial charge in [0.15, 0.2) is 0 Å². The first-order chi connectivity index (χ1) is 23.8. The molecule has 0 aliphatic carbocycles. The lowest BCUT2D eigenvalue weighted by Crippen LogP contribution is -2.52. The molecule has 3 N–H and O–H groups in total. The summed E-state index contributed by atoms with van der Waals surface area (Å²) in [6, 6.07) is -0.862. The molecule has 7 heteroatoms. The number of rotatable bonds is 36. The fraction of sp³-hybridized carbons (Fsp3) is 0.881. The number of carbonyl (C=O) groups excluding carboxylic acids is 1. The highest BCUT2D eigenvalue weighted by atomic mass is 16.5. The Morgan fingerprint density at radius 1 is 0.714 bits per heavy atom. The molecule has 0 saturated heterocycles. The lowest BCUT2D eigenvalue weighted by molar-refractivity contribution is -0.136. The van der Waals surface area contributed by atoms with Crippen LogP contribution in [-0.4, -0.2) is 78.9 Å². The second kappa shape index (κ2) is 35.2. The van der Waals surface area contributed by atoms with Gasteiger partial charge in [-0.1, -0.05) is 167 Å². The van der Waals surface area contributed by atoms with Gasteiger partial charge in [0.25, 0.3) is 0 Å². The van der Waals surface area contributed by atoms with Gasteiger partial charge in [-0.15, -0.1) is 0 Å². The maximum atomic E-state index is 12.3. The molecular weight excluding hydrogens is 612 g/mol. The first-order valence-corrected chi connectivity index (χ1v) is 20.6. The number of amides is 1. The van der Waals surface area contributed by atoms with Crippen molar-refractivity contribution in [1.29, 1.82) is 0 Å². The Kier molecular flexibility index (Phi) is 34.3. The topological polar surface area (TPSA) is 91.3 Å². The molecule has 1 unspecified atom stereocenters.